The maximum Gasteiger partial charge on any atom is 0.230 e. The van der Waals surface area contributed by atoms with Crippen molar-refractivity contribution in [3.63, 3.8) is 0 Å². The molecule has 0 saturated carbocycles. The molecule has 0 aliphatic rings. The van der Waals surface area contributed by atoms with E-state index in [0.717, 1.165) is 27.7 Å². The van der Waals surface area contributed by atoms with Gasteiger partial charge in [-0.15, -0.1) is 0 Å². The normalized spacial score (nSPS) is 11.2. The lowest BCUT2D eigenvalue weighted by Crippen LogP contribution is -2.16. The van der Waals surface area contributed by atoms with Crippen LogP contribution in [0.3, 0.4) is 0 Å². The molecule has 1 amide bonds. The number of fused-ring (bicyclic) bond motifs is 2. The molecule has 0 saturated heterocycles. The van der Waals surface area contributed by atoms with Gasteiger partial charge in [0.15, 0.2) is 5.76 Å². The Bertz CT molecular complexity index is 1610. The second-order valence-corrected chi connectivity index (χ2v) is 8.76. The van der Waals surface area contributed by atoms with E-state index >= 15 is 0 Å². The predicted octanol–water partition coefficient (Wildman–Crippen LogP) is 6.87. The highest BCUT2D eigenvalue weighted by Crippen LogP contribution is 2.34. The first-order valence-corrected chi connectivity index (χ1v) is 11.4. The molecule has 2 heterocycles. The zero-order valence-electron chi connectivity index (χ0n) is 19.4. The Hall–Kier alpha value is -4.03. The first kappa shape index (κ1) is 22.7. The number of benzene rings is 3. The molecule has 0 fully saturated rings. The van der Waals surface area contributed by atoms with Crippen LogP contribution in [0.4, 0.5) is 5.69 Å². The highest BCUT2D eigenvalue weighted by atomic mass is 35.5. The fourth-order valence-corrected chi connectivity index (χ4v) is 4.41. The second-order valence-electron chi connectivity index (χ2n) is 8.35. The van der Waals surface area contributed by atoms with Crippen LogP contribution >= 0.6 is 11.6 Å². The summed E-state index contributed by atoms with van der Waals surface area (Å²) < 4.78 is 16.8. The molecule has 6 nitrogen and oxygen atoms in total. The Morgan fingerprint density at radius 2 is 1.83 bits per heavy atom. The molecule has 5 rings (SSSR count). The number of ketones is 1. The van der Waals surface area contributed by atoms with Crippen LogP contribution in [0, 0.1) is 13.8 Å². The van der Waals surface area contributed by atoms with Gasteiger partial charge in [0.1, 0.15) is 16.9 Å². The van der Waals surface area contributed by atoms with E-state index in [9.17, 15) is 9.59 Å². The second kappa shape index (κ2) is 8.96. The molecule has 0 bridgehead atoms. The van der Waals surface area contributed by atoms with Crippen molar-refractivity contribution in [1.29, 1.82) is 0 Å². The molecule has 176 valence electrons. The van der Waals surface area contributed by atoms with Crippen molar-refractivity contribution in [3.8, 4) is 5.75 Å². The van der Waals surface area contributed by atoms with Gasteiger partial charge in [-0.2, -0.15) is 0 Å². The number of methoxy groups -OCH3 is 1. The number of carbonyl (C=O) groups excluding carboxylic acids is 2. The largest absolute Gasteiger partial charge is 0.495 e. The van der Waals surface area contributed by atoms with E-state index in [1.807, 2.05) is 32.0 Å². The van der Waals surface area contributed by atoms with Crippen LogP contribution in [0.15, 0.2) is 69.7 Å². The summed E-state index contributed by atoms with van der Waals surface area (Å²) in [5, 5.41) is 4.73. The predicted molar refractivity (Wildman–Crippen MR) is 136 cm³/mol. The van der Waals surface area contributed by atoms with Gasteiger partial charge in [-0.1, -0.05) is 35.9 Å². The quantitative estimate of drug-likeness (QED) is 0.264. The molecule has 1 N–H and O–H groups in total. The Balaban J connectivity index is 1.49. The molecule has 35 heavy (non-hydrogen) atoms. The van der Waals surface area contributed by atoms with Crippen LogP contribution in [0.1, 0.15) is 32.8 Å². The number of nitrogens with one attached hydrogen (secondary N) is 1. The Kier molecular flexibility index (Phi) is 5.83. The van der Waals surface area contributed by atoms with Gasteiger partial charge < -0.3 is 18.9 Å². The molecule has 7 heteroatoms. The van der Waals surface area contributed by atoms with E-state index in [-0.39, 0.29) is 18.1 Å². The van der Waals surface area contributed by atoms with Crippen LogP contribution in [0.5, 0.6) is 5.75 Å². The Morgan fingerprint density at radius 3 is 2.60 bits per heavy atom. The number of rotatable bonds is 6. The fourth-order valence-electron chi connectivity index (χ4n) is 4.15. The molecular formula is C28H22ClNO5. The van der Waals surface area contributed by atoms with E-state index in [1.165, 1.54) is 13.2 Å². The highest BCUT2D eigenvalue weighted by Gasteiger charge is 2.24. The summed E-state index contributed by atoms with van der Waals surface area (Å²) in [5.41, 5.74) is 4.83. The molecule has 0 atom stereocenters. The van der Waals surface area contributed by atoms with Crippen molar-refractivity contribution < 1.29 is 23.2 Å². The van der Waals surface area contributed by atoms with E-state index in [4.69, 9.17) is 25.2 Å². The minimum absolute atomic E-state index is 0.0318. The number of aryl methyl sites for hydroxylation is 2. The first-order chi connectivity index (χ1) is 16.9. The van der Waals surface area contributed by atoms with Crippen molar-refractivity contribution in [2.75, 3.05) is 12.4 Å². The first-order valence-electron chi connectivity index (χ1n) is 11.0. The van der Waals surface area contributed by atoms with Crippen molar-refractivity contribution in [2.24, 2.45) is 0 Å². The number of ether oxygens (including phenoxy) is 1. The summed E-state index contributed by atoms with van der Waals surface area (Å²) in [6, 6.07) is 15.9. The summed E-state index contributed by atoms with van der Waals surface area (Å²) in [7, 11) is 1.50. The maximum atomic E-state index is 13.4. The fraction of sp³-hybridized carbons (Fsp3) is 0.143. The van der Waals surface area contributed by atoms with Crippen molar-refractivity contribution in [3.05, 3.63) is 93.9 Å². The maximum absolute atomic E-state index is 13.4. The number of hydrogen-bond acceptors (Lipinski definition) is 5. The van der Waals surface area contributed by atoms with Gasteiger partial charge in [0.2, 0.25) is 11.7 Å². The van der Waals surface area contributed by atoms with E-state index in [2.05, 4.69) is 5.32 Å². The van der Waals surface area contributed by atoms with Gasteiger partial charge in [-0.25, -0.2) is 0 Å². The topological polar surface area (TPSA) is 81.7 Å². The SMILES string of the molecule is COc1ccc(C(=O)c2oc3ccccc3c2NC(=O)Cc2coc3c(C)c(C)ccc23)cc1Cl. The Morgan fingerprint density at radius 1 is 1.03 bits per heavy atom. The number of halogens is 1. The van der Waals surface area contributed by atoms with E-state index in [0.29, 0.717) is 33.0 Å². The monoisotopic (exact) mass is 487 g/mol. The molecule has 2 aromatic heterocycles. The van der Waals surface area contributed by atoms with Gasteiger partial charge in [0.25, 0.3) is 0 Å². The molecule has 0 spiro atoms. The van der Waals surface area contributed by atoms with Crippen LogP contribution in [-0.2, 0) is 11.2 Å². The molecule has 0 radical (unpaired) electrons. The van der Waals surface area contributed by atoms with Crippen LogP contribution in [0.25, 0.3) is 21.9 Å². The average Bonchev–Trinajstić information content (AvgIpc) is 3.43. The summed E-state index contributed by atoms with van der Waals surface area (Å²) in [6.07, 6.45) is 1.69. The number of amides is 1. The molecule has 3 aromatic carbocycles. The van der Waals surface area contributed by atoms with Gasteiger partial charge in [0.05, 0.1) is 30.5 Å². The molecular weight excluding hydrogens is 466 g/mol. The van der Waals surface area contributed by atoms with Crippen molar-refractivity contribution in [2.45, 2.75) is 20.3 Å². The zero-order chi connectivity index (χ0) is 24.7. The lowest BCUT2D eigenvalue weighted by atomic mass is 10.0. The number of carbonyl (C=O) groups is 2. The molecule has 0 aliphatic carbocycles. The average molecular weight is 488 g/mol. The van der Waals surface area contributed by atoms with Crippen LogP contribution in [0.2, 0.25) is 5.02 Å². The molecule has 5 aromatic rings. The minimum Gasteiger partial charge on any atom is -0.495 e. The number of para-hydroxylation sites is 1. The van der Waals surface area contributed by atoms with Crippen LogP contribution in [-0.4, -0.2) is 18.8 Å². The molecule has 0 unspecified atom stereocenters. The summed E-state index contributed by atoms with van der Waals surface area (Å²) in [6.45, 7) is 4.01. The summed E-state index contributed by atoms with van der Waals surface area (Å²) >= 11 is 6.23. The zero-order valence-corrected chi connectivity index (χ0v) is 20.2. The van der Waals surface area contributed by atoms with E-state index < -0.39 is 5.78 Å². The third kappa shape index (κ3) is 4.06. The number of anilines is 1. The van der Waals surface area contributed by atoms with Crippen molar-refractivity contribution >= 4 is 50.9 Å². The van der Waals surface area contributed by atoms with E-state index in [1.54, 1.807) is 36.6 Å². The third-order valence-electron chi connectivity index (χ3n) is 6.17. The van der Waals surface area contributed by atoms with Crippen LogP contribution < -0.4 is 10.1 Å². The highest BCUT2D eigenvalue weighted by molar-refractivity contribution is 6.32. The number of furan rings is 2. The van der Waals surface area contributed by atoms with Gasteiger partial charge >= 0.3 is 0 Å². The lowest BCUT2D eigenvalue weighted by Gasteiger charge is -2.07. The third-order valence-corrected chi connectivity index (χ3v) is 6.47. The number of hydrogen-bond donors (Lipinski definition) is 1. The lowest BCUT2D eigenvalue weighted by molar-refractivity contribution is -0.115. The molecule has 0 aliphatic heterocycles. The van der Waals surface area contributed by atoms with Gasteiger partial charge in [-0.3, -0.25) is 9.59 Å². The minimum atomic E-state index is -0.402. The smallest absolute Gasteiger partial charge is 0.230 e. The van der Waals surface area contributed by atoms with Gasteiger partial charge in [-0.05, 0) is 55.3 Å². The summed E-state index contributed by atoms with van der Waals surface area (Å²) in [4.78, 5) is 26.5. The van der Waals surface area contributed by atoms with Gasteiger partial charge in [0, 0.05) is 21.9 Å². The Labute approximate surface area is 206 Å². The van der Waals surface area contributed by atoms with Crippen molar-refractivity contribution in [1.82, 2.24) is 0 Å². The summed E-state index contributed by atoms with van der Waals surface area (Å²) in [5.74, 6) is -0.205. The standard InChI is InChI=1S/C28H22ClNO5/c1-15-8-10-19-18(14-34-27(19)16(15)2)13-24(31)30-25-20-6-4-5-7-22(20)35-28(25)26(32)17-9-11-23(33-3)21(29)12-17/h4-12,14H,13H2,1-3H3,(H,30,31).